The van der Waals surface area contributed by atoms with Crippen LogP contribution in [0.4, 0.5) is 28.4 Å². The highest BCUT2D eigenvalue weighted by Crippen LogP contribution is 2.38. The van der Waals surface area contributed by atoms with E-state index in [0.717, 1.165) is 30.4 Å². The summed E-state index contributed by atoms with van der Waals surface area (Å²) < 4.78 is 14.9. The van der Waals surface area contributed by atoms with Crippen molar-refractivity contribution in [1.29, 1.82) is 0 Å². The molecule has 0 radical (unpaired) electrons. The standard InChI is InChI=1S/C42H44N8O6/c1-48-24-27(19-35(48)40(52)47-30-15-11-28(43)12-16-30)26-9-13-29(14-10-26)46-41(53)36-20-31(25-49(36)2)45-39(51)8-6-18-56-38-22-34-33(21-37(38)55-3)42(54)50-17-5-4-7-32(50)23-44-34/h9-16,19-25,32H,4-8,17-18,43H2,1-3H3,(H,45,51)(H,46,53)(H,47,52)/t32-/m0/s1. The molecule has 5 aromatic rings. The van der Waals surface area contributed by atoms with Crippen molar-refractivity contribution >= 4 is 58.3 Å². The number of nitrogens with zero attached hydrogens (tertiary/aromatic N) is 4. The number of carbonyl (C=O) groups excluding carboxylic acids is 4. The van der Waals surface area contributed by atoms with E-state index in [0.29, 0.717) is 69.9 Å². The number of benzene rings is 3. The van der Waals surface area contributed by atoms with Gasteiger partial charge >= 0.3 is 0 Å². The Morgan fingerprint density at radius 1 is 0.804 bits per heavy atom. The smallest absolute Gasteiger partial charge is 0.272 e. The Balaban J connectivity index is 0.899. The van der Waals surface area contributed by atoms with Crippen LogP contribution in [0, 0.1) is 0 Å². The molecule has 0 unspecified atom stereocenters. The molecule has 14 heteroatoms. The van der Waals surface area contributed by atoms with Gasteiger partial charge in [0.1, 0.15) is 11.4 Å². The van der Waals surface area contributed by atoms with Crippen LogP contribution >= 0.6 is 0 Å². The predicted molar refractivity (Wildman–Crippen MR) is 216 cm³/mol. The van der Waals surface area contributed by atoms with Crippen molar-refractivity contribution in [3.05, 3.63) is 102 Å². The molecule has 7 rings (SSSR count). The zero-order chi connectivity index (χ0) is 39.3. The number of hydrogen-bond donors (Lipinski definition) is 4. The van der Waals surface area contributed by atoms with Gasteiger partial charge in [0.25, 0.3) is 17.7 Å². The van der Waals surface area contributed by atoms with Gasteiger partial charge in [0, 0.05) is 74.4 Å². The molecular formula is C42H44N8O6. The maximum absolute atomic E-state index is 13.3. The van der Waals surface area contributed by atoms with Crippen molar-refractivity contribution in [2.75, 3.05) is 41.9 Å². The van der Waals surface area contributed by atoms with Gasteiger partial charge < -0.3 is 45.2 Å². The van der Waals surface area contributed by atoms with E-state index in [1.807, 2.05) is 35.5 Å². The molecule has 2 aliphatic heterocycles. The fourth-order valence-corrected chi connectivity index (χ4v) is 6.93. The number of anilines is 4. The molecule has 0 aliphatic carbocycles. The summed E-state index contributed by atoms with van der Waals surface area (Å²) in [6.07, 6.45) is 8.93. The highest BCUT2D eigenvalue weighted by Gasteiger charge is 2.31. The number of methoxy groups -OCH3 is 1. The average Bonchev–Trinajstić information content (AvgIpc) is 3.74. The number of fused-ring (bicyclic) bond motifs is 2. The molecule has 0 spiro atoms. The van der Waals surface area contributed by atoms with Crippen molar-refractivity contribution < 1.29 is 28.7 Å². The van der Waals surface area contributed by atoms with Gasteiger partial charge in [-0.15, -0.1) is 0 Å². The summed E-state index contributed by atoms with van der Waals surface area (Å²) >= 11 is 0. The summed E-state index contributed by atoms with van der Waals surface area (Å²) in [5, 5.41) is 8.65. The van der Waals surface area contributed by atoms with Crippen LogP contribution in [0.15, 0.2) is 90.2 Å². The number of aryl methyl sites for hydroxylation is 2. The van der Waals surface area contributed by atoms with E-state index < -0.39 is 0 Å². The highest BCUT2D eigenvalue weighted by atomic mass is 16.5. The van der Waals surface area contributed by atoms with Crippen LogP contribution in [0.5, 0.6) is 11.5 Å². The fraction of sp³-hybridized carbons (Fsp3) is 0.262. The summed E-state index contributed by atoms with van der Waals surface area (Å²) in [4.78, 5) is 58.7. The van der Waals surface area contributed by atoms with Crippen molar-refractivity contribution in [3.63, 3.8) is 0 Å². The number of aliphatic imine (C=N–C) groups is 1. The van der Waals surface area contributed by atoms with Crippen LogP contribution < -0.4 is 31.2 Å². The number of rotatable bonds is 12. The average molecular weight is 757 g/mol. The molecule has 4 amide bonds. The summed E-state index contributed by atoms with van der Waals surface area (Å²) in [5.74, 6) is 0.0123. The largest absolute Gasteiger partial charge is 0.493 e. The van der Waals surface area contributed by atoms with Gasteiger partial charge in [-0.3, -0.25) is 24.2 Å². The van der Waals surface area contributed by atoms with Gasteiger partial charge in [-0.25, -0.2) is 0 Å². The van der Waals surface area contributed by atoms with Crippen LogP contribution in [-0.4, -0.2) is 70.2 Å². The van der Waals surface area contributed by atoms with Gasteiger partial charge in [0.2, 0.25) is 5.91 Å². The number of ether oxygens (including phenoxy) is 2. The molecule has 0 saturated carbocycles. The molecule has 14 nitrogen and oxygen atoms in total. The van der Waals surface area contributed by atoms with Gasteiger partial charge in [-0.2, -0.15) is 0 Å². The summed E-state index contributed by atoms with van der Waals surface area (Å²) in [6, 6.07) is 21.1. The lowest BCUT2D eigenvalue weighted by atomic mass is 10.0. The molecule has 1 atom stereocenters. The molecule has 5 N–H and O–H groups in total. The van der Waals surface area contributed by atoms with Gasteiger partial charge in [0.15, 0.2) is 11.5 Å². The SMILES string of the molecule is COc1cc2c(cc1OCCCC(=O)Nc1cc(C(=O)Nc3ccc(-c4cc(C(=O)Nc5ccc(N)cc5)n(C)c4)cc3)n(C)c1)N=C[C@@H]1CCCCN1C2=O. The zero-order valence-electron chi connectivity index (χ0n) is 31.5. The third-order valence-corrected chi connectivity index (χ3v) is 9.92. The summed E-state index contributed by atoms with van der Waals surface area (Å²) in [6.45, 7) is 0.945. The first-order chi connectivity index (χ1) is 27.1. The van der Waals surface area contributed by atoms with E-state index in [2.05, 4.69) is 20.9 Å². The molecule has 2 aliphatic rings. The second-order valence-corrected chi connectivity index (χ2v) is 13.9. The maximum atomic E-state index is 13.3. The Labute approximate surface area is 324 Å². The maximum Gasteiger partial charge on any atom is 0.272 e. The Bertz CT molecular complexity index is 2310. The molecule has 0 bridgehead atoms. The summed E-state index contributed by atoms with van der Waals surface area (Å²) in [5.41, 5.74) is 11.7. The number of carbonyl (C=O) groups is 4. The molecule has 4 heterocycles. The molecule has 56 heavy (non-hydrogen) atoms. The molecular weight excluding hydrogens is 713 g/mol. The number of nitrogens with two attached hydrogens (primary N) is 1. The van der Waals surface area contributed by atoms with Crippen LogP contribution in [0.3, 0.4) is 0 Å². The van der Waals surface area contributed by atoms with Gasteiger partial charge in [0.05, 0.1) is 36.7 Å². The van der Waals surface area contributed by atoms with E-state index in [9.17, 15) is 19.2 Å². The Morgan fingerprint density at radius 3 is 2.20 bits per heavy atom. The number of hydrogen-bond acceptors (Lipinski definition) is 8. The van der Waals surface area contributed by atoms with Gasteiger partial charge in [-0.05, 0) is 85.8 Å². The molecule has 288 valence electrons. The third-order valence-electron chi connectivity index (χ3n) is 9.92. The third kappa shape index (κ3) is 8.28. The lowest BCUT2D eigenvalue weighted by Crippen LogP contribution is -2.43. The van der Waals surface area contributed by atoms with E-state index in [4.69, 9.17) is 15.2 Å². The predicted octanol–water partition coefficient (Wildman–Crippen LogP) is 6.63. The normalized spacial score (nSPS) is 14.7. The number of aromatic nitrogens is 2. The Kier molecular flexibility index (Phi) is 10.9. The fourth-order valence-electron chi connectivity index (χ4n) is 6.93. The quantitative estimate of drug-likeness (QED) is 0.0816. The highest BCUT2D eigenvalue weighted by molar-refractivity contribution is 6.06. The van der Waals surface area contributed by atoms with Crippen LogP contribution in [-0.2, 0) is 18.9 Å². The molecule has 1 fully saturated rings. The Hall–Kier alpha value is -6.83. The van der Waals surface area contributed by atoms with Crippen LogP contribution in [0.2, 0.25) is 0 Å². The first-order valence-electron chi connectivity index (χ1n) is 18.5. The van der Waals surface area contributed by atoms with Crippen molar-refractivity contribution in [1.82, 2.24) is 14.0 Å². The van der Waals surface area contributed by atoms with E-state index in [1.54, 1.807) is 84.0 Å². The van der Waals surface area contributed by atoms with Gasteiger partial charge in [-0.1, -0.05) is 12.1 Å². The van der Waals surface area contributed by atoms with Crippen molar-refractivity contribution in [2.45, 2.75) is 38.1 Å². The minimum Gasteiger partial charge on any atom is -0.493 e. The summed E-state index contributed by atoms with van der Waals surface area (Å²) in [7, 11) is 5.06. The molecule has 1 saturated heterocycles. The van der Waals surface area contributed by atoms with Crippen molar-refractivity contribution in [3.8, 4) is 22.6 Å². The Morgan fingerprint density at radius 2 is 1.48 bits per heavy atom. The van der Waals surface area contributed by atoms with E-state index in [-0.39, 0.29) is 42.7 Å². The second-order valence-electron chi connectivity index (χ2n) is 13.9. The minimum atomic E-state index is -0.341. The van der Waals surface area contributed by atoms with Crippen molar-refractivity contribution in [2.24, 2.45) is 19.1 Å². The number of nitrogens with one attached hydrogen (secondary N) is 3. The number of amides is 4. The zero-order valence-corrected chi connectivity index (χ0v) is 31.5. The van der Waals surface area contributed by atoms with Crippen LogP contribution in [0.25, 0.3) is 11.1 Å². The lowest BCUT2D eigenvalue weighted by Gasteiger charge is -2.32. The first kappa shape index (κ1) is 37.5. The molecule has 3 aromatic carbocycles. The lowest BCUT2D eigenvalue weighted by molar-refractivity contribution is -0.116. The van der Waals surface area contributed by atoms with E-state index in [1.165, 1.54) is 7.11 Å². The first-order valence-corrected chi connectivity index (χ1v) is 18.5. The topological polar surface area (TPSA) is 174 Å². The monoisotopic (exact) mass is 756 g/mol. The molecule has 2 aromatic heterocycles. The number of nitrogen functional groups attached to an aromatic ring is 1. The number of piperidine rings is 1. The van der Waals surface area contributed by atoms with Crippen LogP contribution in [0.1, 0.15) is 63.4 Å². The van der Waals surface area contributed by atoms with E-state index >= 15 is 0 Å². The minimum absolute atomic E-state index is 0.00754. The second kappa shape index (κ2) is 16.3.